The topological polar surface area (TPSA) is 70.2 Å². The summed E-state index contributed by atoms with van der Waals surface area (Å²) in [4.78, 5) is 22.9. The average molecular weight is 390 g/mol. The van der Waals surface area contributed by atoms with E-state index in [1.54, 1.807) is 12.4 Å². The lowest BCUT2D eigenvalue weighted by atomic mass is 10.1. The van der Waals surface area contributed by atoms with Crippen molar-refractivity contribution in [3.63, 3.8) is 0 Å². The van der Waals surface area contributed by atoms with Crippen molar-refractivity contribution in [1.82, 2.24) is 15.3 Å². The summed E-state index contributed by atoms with van der Waals surface area (Å²) in [6.07, 6.45) is 5.25. The fourth-order valence-electron chi connectivity index (χ4n) is 2.74. The molecule has 3 rings (SSSR count). The molecular formula is C17H20BrN5O. The van der Waals surface area contributed by atoms with Gasteiger partial charge in [0.2, 0.25) is 5.95 Å². The van der Waals surface area contributed by atoms with Gasteiger partial charge in [0.25, 0.3) is 0 Å². The molecule has 1 fully saturated rings. The standard InChI is InChI=1S/C17H20BrN5O/c1-12-3-4-15(14(18)11-12)22-17(24)21-13-5-9-23(10-6-13)16-19-7-2-8-20-16/h2-4,7-8,11,13H,5-6,9-10H2,1H3,(H2,21,22,24). The zero-order valence-corrected chi connectivity index (χ0v) is 15.1. The Hall–Kier alpha value is -2.15. The van der Waals surface area contributed by atoms with Gasteiger partial charge in [-0.2, -0.15) is 0 Å². The molecule has 1 aromatic heterocycles. The number of rotatable bonds is 3. The minimum Gasteiger partial charge on any atom is -0.341 e. The quantitative estimate of drug-likeness (QED) is 0.844. The monoisotopic (exact) mass is 389 g/mol. The maximum Gasteiger partial charge on any atom is 0.319 e. The minimum atomic E-state index is -0.172. The molecule has 126 valence electrons. The normalized spacial score (nSPS) is 15.2. The van der Waals surface area contributed by atoms with Gasteiger partial charge in [0, 0.05) is 36.0 Å². The number of anilines is 2. The van der Waals surface area contributed by atoms with Crippen LogP contribution in [0.2, 0.25) is 0 Å². The van der Waals surface area contributed by atoms with Crippen LogP contribution in [0, 0.1) is 6.92 Å². The van der Waals surface area contributed by atoms with E-state index in [0.29, 0.717) is 0 Å². The largest absolute Gasteiger partial charge is 0.341 e. The molecule has 6 nitrogen and oxygen atoms in total. The van der Waals surface area contributed by atoms with E-state index in [-0.39, 0.29) is 12.1 Å². The van der Waals surface area contributed by atoms with Crippen molar-refractivity contribution >= 4 is 33.6 Å². The lowest BCUT2D eigenvalue weighted by molar-refractivity contribution is 0.246. The number of amides is 2. The van der Waals surface area contributed by atoms with Gasteiger partial charge >= 0.3 is 6.03 Å². The van der Waals surface area contributed by atoms with Gasteiger partial charge in [-0.15, -0.1) is 0 Å². The van der Waals surface area contributed by atoms with Crippen molar-refractivity contribution in [3.05, 3.63) is 46.7 Å². The summed E-state index contributed by atoms with van der Waals surface area (Å²) in [5.41, 5.74) is 1.91. The Balaban J connectivity index is 1.50. The number of carbonyl (C=O) groups is 1. The number of nitrogens with one attached hydrogen (secondary N) is 2. The number of hydrogen-bond acceptors (Lipinski definition) is 4. The van der Waals surface area contributed by atoms with Gasteiger partial charge in [-0.3, -0.25) is 0 Å². The van der Waals surface area contributed by atoms with E-state index in [0.717, 1.165) is 47.6 Å². The Kier molecular flexibility index (Phi) is 5.30. The maximum absolute atomic E-state index is 12.2. The molecule has 0 atom stereocenters. The van der Waals surface area contributed by atoms with E-state index in [9.17, 15) is 4.79 Å². The Bertz CT molecular complexity index is 701. The third-order valence-electron chi connectivity index (χ3n) is 4.04. The molecule has 0 saturated carbocycles. The highest BCUT2D eigenvalue weighted by atomic mass is 79.9. The first kappa shape index (κ1) is 16.7. The fraction of sp³-hybridized carbons (Fsp3) is 0.353. The molecule has 2 heterocycles. The molecule has 1 aromatic carbocycles. The molecule has 0 unspecified atom stereocenters. The Morgan fingerprint density at radius 2 is 1.96 bits per heavy atom. The average Bonchev–Trinajstić information content (AvgIpc) is 2.59. The lowest BCUT2D eigenvalue weighted by Gasteiger charge is -2.32. The van der Waals surface area contributed by atoms with Crippen LogP contribution in [-0.2, 0) is 0 Å². The zero-order valence-electron chi connectivity index (χ0n) is 13.5. The van der Waals surface area contributed by atoms with Crippen LogP contribution >= 0.6 is 15.9 Å². The SMILES string of the molecule is Cc1ccc(NC(=O)NC2CCN(c3ncccn3)CC2)c(Br)c1. The van der Waals surface area contributed by atoms with Gasteiger partial charge in [0.1, 0.15) is 0 Å². The summed E-state index contributed by atoms with van der Waals surface area (Å²) in [5, 5.41) is 5.94. The van der Waals surface area contributed by atoms with Crippen LogP contribution in [0.25, 0.3) is 0 Å². The molecule has 0 aliphatic carbocycles. The minimum absolute atomic E-state index is 0.161. The van der Waals surface area contributed by atoms with E-state index >= 15 is 0 Å². The van der Waals surface area contributed by atoms with Crippen molar-refractivity contribution in [1.29, 1.82) is 0 Å². The smallest absolute Gasteiger partial charge is 0.319 e. The summed E-state index contributed by atoms with van der Waals surface area (Å²) >= 11 is 3.47. The van der Waals surface area contributed by atoms with Gasteiger partial charge in [-0.1, -0.05) is 6.07 Å². The molecule has 1 saturated heterocycles. The molecule has 0 bridgehead atoms. The second kappa shape index (κ2) is 7.61. The molecule has 2 amide bonds. The summed E-state index contributed by atoms with van der Waals surface area (Å²) in [6, 6.07) is 7.65. The van der Waals surface area contributed by atoms with Gasteiger partial charge < -0.3 is 15.5 Å². The number of nitrogens with zero attached hydrogens (tertiary/aromatic N) is 3. The highest BCUT2D eigenvalue weighted by Crippen LogP contribution is 2.23. The molecule has 24 heavy (non-hydrogen) atoms. The van der Waals surface area contributed by atoms with Crippen LogP contribution in [0.4, 0.5) is 16.4 Å². The summed E-state index contributed by atoms with van der Waals surface area (Å²) in [6.45, 7) is 3.69. The van der Waals surface area contributed by atoms with E-state index in [1.807, 2.05) is 31.2 Å². The first-order valence-corrected chi connectivity index (χ1v) is 8.77. The number of hydrogen-bond donors (Lipinski definition) is 2. The van der Waals surface area contributed by atoms with Crippen molar-refractivity contribution in [3.8, 4) is 0 Å². The van der Waals surface area contributed by atoms with E-state index < -0.39 is 0 Å². The van der Waals surface area contributed by atoms with Crippen LogP contribution in [0.1, 0.15) is 18.4 Å². The number of urea groups is 1. The summed E-state index contributed by atoms with van der Waals surface area (Å²) in [5.74, 6) is 0.754. The molecule has 0 spiro atoms. The highest BCUT2D eigenvalue weighted by Gasteiger charge is 2.22. The van der Waals surface area contributed by atoms with E-state index in [1.165, 1.54) is 0 Å². The number of carbonyl (C=O) groups excluding carboxylic acids is 1. The first-order chi connectivity index (χ1) is 11.6. The lowest BCUT2D eigenvalue weighted by Crippen LogP contribution is -2.46. The number of piperidine rings is 1. The summed E-state index contributed by atoms with van der Waals surface area (Å²) < 4.78 is 0.883. The number of aromatic nitrogens is 2. The first-order valence-electron chi connectivity index (χ1n) is 7.97. The molecule has 2 aromatic rings. The van der Waals surface area contributed by atoms with Crippen LogP contribution in [-0.4, -0.2) is 35.1 Å². The van der Waals surface area contributed by atoms with Crippen molar-refractivity contribution in [2.45, 2.75) is 25.8 Å². The fourth-order valence-corrected chi connectivity index (χ4v) is 3.34. The Labute approximate surface area is 149 Å². The predicted molar refractivity (Wildman–Crippen MR) is 98.3 cm³/mol. The maximum atomic E-state index is 12.2. The van der Waals surface area contributed by atoms with Crippen molar-refractivity contribution < 1.29 is 4.79 Å². The third kappa shape index (κ3) is 4.23. The Morgan fingerprint density at radius 3 is 2.62 bits per heavy atom. The van der Waals surface area contributed by atoms with E-state index in [2.05, 4.69) is 41.4 Å². The highest BCUT2D eigenvalue weighted by molar-refractivity contribution is 9.10. The molecular weight excluding hydrogens is 370 g/mol. The van der Waals surface area contributed by atoms with Crippen LogP contribution in [0.3, 0.4) is 0 Å². The van der Waals surface area contributed by atoms with Gasteiger partial charge in [0.05, 0.1) is 5.69 Å². The van der Waals surface area contributed by atoms with Gasteiger partial charge in [-0.05, 0) is 59.5 Å². The second-order valence-electron chi connectivity index (χ2n) is 5.89. The number of halogens is 1. The second-order valence-corrected chi connectivity index (χ2v) is 6.75. The zero-order chi connectivity index (χ0) is 16.9. The Morgan fingerprint density at radius 1 is 1.25 bits per heavy atom. The van der Waals surface area contributed by atoms with Crippen LogP contribution in [0.15, 0.2) is 41.1 Å². The predicted octanol–water partition coefficient (Wildman–Crippen LogP) is 3.34. The third-order valence-corrected chi connectivity index (χ3v) is 4.69. The van der Waals surface area contributed by atoms with Gasteiger partial charge in [-0.25, -0.2) is 14.8 Å². The number of aryl methyl sites for hydroxylation is 1. The molecule has 7 heteroatoms. The molecule has 0 radical (unpaired) electrons. The van der Waals surface area contributed by atoms with Crippen molar-refractivity contribution in [2.24, 2.45) is 0 Å². The van der Waals surface area contributed by atoms with Gasteiger partial charge in [0.15, 0.2) is 0 Å². The van der Waals surface area contributed by atoms with Crippen molar-refractivity contribution in [2.75, 3.05) is 23.3 Å². The van der Waals surface area contributed by atoms with Crippen LogP contribution in [0.5, 0.6) is 0 Å². The van der Waals surface area contributed by atoms with Crippen LogP contribution < -0.4 is 15.5 Å². The van der Waals surface area contributed by atoms with E-state index in [4.69, 9.17) is 0 Å². The number of benzene rings is 1. The molecule has 1 aliphatic heterocycles. The molecule has 2 N–H and O–H groups in total. The molecule has 1 aliphatic rings. The summed E-state index contributed by atoms with van der Waals surface area (Å²) in [7, 11) is 0.